The van der Waals surface area contributed by atoms with E-state index in [1.807, 2.05) is 12.1 Å². The molecule has 5 nitrogen and oxygen atoms in total. The molecule has 2 aliphatic rings. The average Bonchev–Trinajstić information content (AvgIpc) is 3.49. The number of aromatic amines is 1. The van der Waals surface area contributed by atoms with Crippen LogP contribution in [0.25, 0.3) is 10.9 Å². The molecule has 3 aromatic rings. The first-order chi connectivity index (χ1) is 15.6. The average molecular weight is 431 g/mol. The molecular weight excluding hydrogens is 400 g/mol. The van der Waals surface area contributed by atoms with E-state index in [9.17, 15) is 14.7 Å². The number of H-pyrrole nitrogens is 1. The van der Waals surface area contributed by atoms with Gasteiger partial charge >= 0.3 is 0 Å². The molecule has 0 spiro atoms. The second kappa shape index (κ2) is 8.81. The summed E-state index contributed by atoms with van der Waals surface area (Å²) in [5.74, 6) is 1.15. The number of carbonyl (C=O) groups excluding carboxylic acids is 2. The number of phenolic OH excluding ortho intramolecular Hbond substituents is 1. The van der Waals surface area contributed by atoms with Crippen LogP contribution in [-0.2, 0) is 11.2 Å². The quantitative estimate of drug-likeness (QED) is 0.547. The van der Waals surface area contributed by atoms with E-state index in [1.165, 1.54) is 29.9 Å². The fraction of sp³-hybridized carbons (Fsp3) is 0.407. The van der Waals surface area contributed by atoms with Crippen molar-refractivity contribution in [2.75, 3.05) is 13.1 Å². The number of aromatic nitrogens is 1. The molecule has 1 saturated heterocycles. The summed E-state index contributed by atoms with van der Waals surface area (Å²) in [7, 11) is 0. The van der Waals surface area contributed by atoms with Crippen molar-refractivity contribution in [3.05, 3.63) is 65.4 Å². The highest BCUT2D eigenvalue weighted by Gasteiger charge is 2.31. The number of nitrogens with one attached hydrogen (secondary N) is 1. The zero-order valence-corrected chi connectivity index (χ0v) is 18.3. The molecule has 0 unspecified atom stereocenters. The lowest BCUT2D eigenvalue weighted by Gasteiger charge is -2.33. The third kappa shape index (κ3) is 4.16. The van der Waals surface area contributed by atoms with Crippen LogP contribution >= 0.6 is 0 Å². The predicted molar refractivity (Wildman–Crippen MR) is 125 cm³/mol. The van der Waals surface area contributed by atoms with E-state index in [-0.39, 0.29) is 17.5 Å². The first kappa shape index (κ1) is 20.8. The number of fused-ring (bicyclic) bond motifs is 1. The Morgan fingerprint density at radius 3 is 2.53 bits per heavy atom. The fourth-order valence-corrected chi connectivity index (χ4v) is 5.45. The van der Waals surface area contributed by atoms with Gasteiger partial charge in [-0.1, -0.05) is 31.0 Å². The van der Waals surface area contributed by atoms with E-state index in [4.69, 9.17) is 0 Å². The fourth-order valence-electron chi connectivity index (χ4n) is 5.45. The molecule has 1 aliphatic heterocycles. The number of likely N-dealkylation sites (tertiary alicyclic amines) is 1. The van der Waals surface area contributed by atoms with Gasteiger partial charge in [0.25, 0.3) is 0 Å². The van der Waals surface area contributed by atoms with E-state index < -0.39 is 0 Å². The number of nitrogens with zero attached hydrogens (tertiary/aromatic N) is 1. The Kier molecular flexibility index (Phi) is 5.73. The number of phenols is 1. The maximum atomic E-state index is 12.8. The second-order valence-electron chi connectivity index (χ2n) is 9.36. The van der Waals surface area contributed by atoms with E-state index in [0.29, 0.717) is 23.8 Å². The number of aromatic hydroxyl groups is 1. The molecular formula is C27H30N2O3. The minimum absolute atomic E-state index is 0.00364. The third-order valence-corrected chi connectivity index (χ3v) is 7.26. The number of rotatable bonds is 5. The number of hydrogen-bond donors (Lipinski definition) is 2. The van der Waals surface area contributed by atoms with Crippen LogP contribution in [0, 0.1) is 5.92 Å². The van der Waals surface area contributed by atoms with E-state index in [0.717, 1.165) is 49.9 Å². The summed E-state index contributed by atoms with van der Waals surface area (Å²) in [6.45, 7) is 1.67. The van der Waals surface area contributed by atoms with Crippen LogP contribution in [0.15, 0.2) is 48.7 Å². The Morgan fingerprint density at radius 1 is 1.00 bits per heavy atom. The van der Waals surface area contributed by atoms with Gasteiger partial charge in [0, 0.05) is 48.1 Å². The first-order valence-electron chi connectivity index (χ1n) is 11.8. The number of ketones is 1. The largest absolute Gasteiger partial charge is 0.508 e. The van der Waals surface area contributed by atoms with Crippen LogP contribution in [0.1, 0.15) is 65.9 Å². The molecule has 1 amide bonds. The molecule has 1 aromatic heterocycles. The van der Waals surface area contributed by atoms with Crippen LogP contribution in [0.5, 0.6) is 5.75 Å². The number of Topliss-reactive ketones (excluding diaryl/α,β-unsaturated/α-hetero) is 1. The lowest BCUT2D eigenvalue weighted by atomic mass is 9.88. The summed E-state index contributed by atoms with van der Waals surface area (Å²) in [5, 5.41) is 10.8. The zero-order chi connectivity index (χ0) is 22.1. The number of hydrogen-bond acceptors (Lipinski definition) is 3. The number of carbonyl (C=O) groups is 2. The van der Waals surface area contributed by atoms with Crippen molar-refractivity contribution in [3.63, 3.8) is 0 Å². The molecule has 5 rings (SSSR count). The normalized spacial score (nSPS) is 17.8. The summed E-state index contributed by atoms with van der Waals surface area (Å²) in [5.41, 5.74) is 3.87. The molecule has 32 heavy (non-hydrogen) atoms. The summed E-state index contributed by atoms with van der Waals surface area (Å²) >= 11 is 0. The molecule has 5 heteroatoms. The van der Waals surface area contributed by atoms with Gasteiger partial charge < -0.3 is 15.0 Å². The van der Waals surface area contributed by atoms with Gasteiger partial charge in [-0.25, -0.2) is 0 Å². The number of amides is 1. The molecule has 2 N–H and O–H groups in total. The van der Waals surface area contributed by atoms with Crippen molar-refractivity contribution in [1.29, 1.82) is 0 Å². The van der Waals surface area contributed by atoms with Gasteiger partial charge in [0.1, 0.15) is 5.75 Å². The Labute approximate surface area is 188 Å². The van der Waals surface area contributed by atoms with E-state index in [1.54, 1.807) is 18.2 Å². The smallest absolute Gasteiger partial charge is 0.225 e. The Bertz CT molecular complexity index is 1130. The lowest BCUT2D eigenvalue weighted by Crippen LogP contribution is -2.40. The van der Waals surface area contributed by atoms with Crippen LogP contribution in [0.4, 0.5) is 0 Å². The van der Waals surface area contributed by atoms with Gasteiger partial charge in [-0.05, 0) is 67.0 Å². The molecule has 1 saturated carbocycles. The Morgan fingerprint density at radius 2 is 1.78 bits per heavy atom. The van der Waals surface area contributed by atoms with Crippen molar-refractivity contribution in [2.45, 2.75) is 50.9 Å². The van der Waals surface area contributed by atoms with Gasteiger partial charge in [-0.2, -0.15) is 0 Å². The SMILES string of the molecule is O=C(Cc1ccc2[nH]cc(C3CCN(C(=O)C4CCCC4)CC3)c2c1)c1cccc(O)c1. The van der Waals surface area contributed by atoms with E-state index >= 15 is 0 Å². The van der Waals surface area contributed by atoms with Crippen molar-refractivity contribution >= 4 is 22.6 Å². The predicted octanol–water partition coefficient (Wildman–Crippen LogP) is 5.20. The molecule has 2 heterocycles. The Hall–Kier alpha value is -3.08. The lowest BCUT2D eigenvalue weighted by molar-refractivity contribution is -0.136. The van der Waals surface area contributed by atoms with Gasteiger partial charge in [-0.15, -0.1) is 0 Å². The van der Waals surface area contributed by atoms with Crippen LogP contribution in [-0.4, -0.2) is 39.8 Å². The first-order valence-corrected chi connectivity index (χ1v) is 11.8. The van der Waals surface area contributed by atoms with Gasteiger partial charge in [0.15, 0.2) is 5.78 Å². The highest BCUT2D eigenvalue weighted by atomic mass is 16.3. The maximum absolute atomic E-state index is 12.8. The van der Waals surface area contributed by atoms with Gasteiger partial charge in [0.2, 0.25) is 5.91 Å². The minimum Gasteiger partial charge on any atom is -0.508 e. The van der Waals surface area contributed by atoms with Crippen LogP contribution in [0.3, 0.4) is 0 Å². The van der Waals surface area contributed by atoms with Crippen molar-refractivity contribution < 1.29 is 14.7 Å². The molecule has 0 atom stereocenters. The molecule has 2 fully saturated rings. The molecule has 1 aliphatic carbocycles. The van der Waals surface area contributed by atoms with E-state index in [2.05, 4.69) is 22.1 Å². The summed E-state index contributed by atoms with van der Waals surface area (Å²) in [4.78, 5) is 30.9. The highest BCUT2D eigenvalue weighted by Crippen LogP contribution is 2.35. The van der Waals surface area contributed by atoms with Crippen molar-refractivity contribution in [1.82, 2.24) is 9.88 Å². The zero-order valence-electron chi connectivity index (χ0n) is 18.3. The van der Waals surface area contributed by atoms with Crippen molar-refractivity contribution in [3.8, 4) is 5.75 Å². The third-order valence-electron chi connectivity index (χ3n) is 7.26. The second-order valence-corrected chi connectivity index (χ2v) is 9.36. The monoisotopic (exact) mass is 430 g/mol. The Balaban J connectivity index is 1.29. The molecule has 166 valence electrons. The highest BCUT2D eigenvalue weighted by molar-refractivity contribution is 5.98. The minimum atomic E-state index is -0.00364. The summed E-state index contributed by atoms with van der Waals surface area (Å²) in [6, 6.07) is 12.7. The molecule has 0 bridgehead atoms. The summed E-state index contributed by atoms with van der Waals surface area (Å²) in [6.07, 6.45) is 8.88. The standard InChI is InChI=1S/C27H30N2O3/c30-22-7-3-6-21(16-22)26(31)15-18-8-9-25-23(14-18)24(17-28-25)19-10-12-29(13-11-19)27(32)20-4-1-2-5-20/h3,6-9,14,16-17,19-20,28,30H,1-2,4-5,10-13,15H2. The maximum Gasteiger partial charge on any atom is 0.225 e. The number of piperidine rings is 1. The van der Waals surface area contributed by atoms with Crippen LogP contribution < -0.4 is 0 Å². The molecule has 2 aromatic carbocycles. The van der Waals surface area contributed by atoms with Crippen molar-refractivity contribution in [2.24, 2.45) is 5.92 Å². The van der Waals surface area contributed by atoms with Gasteiger partial charge in [0.05, 0.1) is 0 Å². The van der Waals surface area contributed by atoms with Crippen LogP contribution in [0.2, 0.25) is 0 Å². The summed E-state index contributed by atoms with van der Waals surface area (Å²) < 4.78 is 0. The topological polar surface area (TPSA) is 73.4 Å². The molecule has 0 radical (unpaired) electrons. The number of benzene rings is 2. The van der Waals surface area contributed by atoms with Gasteiger partial charge in [-0.3, -0.25) is 9.59 Å².